The van der Waals surface area contributed by atoms with Crippen LogP contribution in [0.1, 0.15) is 0 Å². The van der Waals surface area contributed by atoms with Gasteiger partial charge in [-0.1, -0.05) is 84.9 Å². The van der Waals surface area contributed by atoms with Crippen LogP contribution in [0.4, 0.5) is 0 Å². The van der Waals surface area contributed by atoms with E-state index in [1.165, 1.54) is 43.4 Å². The number of rotatable bonds is 2. The van der Waals surface area contributed by atoms with Crippen molar-refractivity contribution in [1.82, 2.24) is 14.1 Å². The van der Waals surface area contributed by atoms with E-state index in [0.29, 0.717) is 6.01 Å². The predicted octanol–water partition coefficient (Wildman–Crippen LogP) is 9.18. The number of benzene rings is 6. The Hall–Kier alpha value is -5.35. The zero-order valence-electron chi connectivity index (χ0n) is 20.9. The molecular weight excluding hydrogens is 478 g/mol. The molecule has 3 heterocycles. The molecule has 39 heavy (non-hydrogen) atoms. The molecular formula is C35H21N3O. The molecule has 0 amide bonds. The van der Waals surface area contributed by atoms with Crippen molar-refractivity contribution in [1.29, 1.82) is 0 Å². The van der Waals surface area contributed by atoms with Gasteiger partial charge in [-0.2, -0.15) is 4.98 Å². The maximum absolute atomic E-state index is 6.28. The number of fused-ring (bicyclic) bond motifs is 10. The Balaban J connectivity index is 1.46. The number of hydrogen-bond acceptors (Lipinski definition) is 2. The van der Waals surface area contributed by atoms with Gasteiger partial charge in [0.15, 0.2) is 5.58 Å². The third-order valence-corrected chi connectivity index (χ3v) is 7.95. The third kappa shape index (κ3) is 2.75. The monoisotopic (exact) mass is 499 g/mol. The largest absolute Gasteiger partial charge is 0.423 e. The van der Waals surface area contributed by atoms with Gasteiger partial charge < -0.3 is 8.98 Å². The molecule has 9 rings (SSSR count). The Morgan fingerprint density at radius 3 is 1.95 bits per heavy atom. The highest BCUT2D eigenvalue weighted by molar-refractivity contribution is 6.27. The molecule has 4 nitrogen and oxygen atoms in total. The molecule has 182 valence electrons. The molecule has 0 saturated carbocycles. The van der Waals surface area contributed by atoms with Crippen LogP contribution in [0.15, 0.2) is 132 Å². The summed E-state index contributed by atoms with van der Waals surface area (Å²) in [6.45, 7) is 0. The molecule has 0 aliphatic heterocycles. The Labute approximate surface area is 222 Å². The summed E-state index contributed by atoms with van der Waals surface area (Å²) in [7, 11) is 0. The van der Waals surface area contributed by atoms with Gasteiger partial charge in [-0.3, -0.25) is 4.57 Å². The molecule has 9 aromatic rings. The molecule has 0 unspecified atom stereocenters. The topological polar surface area (TPSA) is 35.9 Å². The molecule has 4 heteroatoms. The maximum atomic E-state index is 6.28. The smallest absolute Gasteiger partial charge is 0.307 e. The Kier molecular flexibility index (Phi) is 4.02. The first-order chi connectivity index (χ1) is 19.4. The van der Waals surface area contributed by atoms with Gasteiger partial charge in [0, 0.05) is 32.6 Å². The first-order valence-electron chi connectivity index (χ1n) is 13.2. The molecule has 0 atom stereocenters. The molecule has 0 spiro atoms. The van der Waals surface area contributed by atoms with Crippen molar-refractivity contribution in [3.8, 4) is 11.7 Å². The summed E-state index contributed by atoms with van der Waals surface area (Å²) >= 11 is 0. The molecule has 0 aliphatic carbocycles. The zero-order valence-corrected chi connectivity index (χ0v) is 20.9. The van der Waals surface area contributed by atoms with Crippen molar-refractivity contribution in [3.63, 3.8) is 0 Å². The average Bonchev–Trinajstić information content (AvgIpc) is 3.67. The van der Waals surface area contributed by atoms with Crippen LogP contribution >= 0.6 is 0 Å². The van der Waals surface area contributed by atoms with Crippen molar-refractivity contribution in [2.75, 3.05) is 0 Å². The summed E-state index contributed by atoms with van der Waals surface area (Å²) in [5.74, 6) is 0. The van der Waals surface area contributed by atoms with Crippen LogP contribution in [0.3, 0.4) is 0 Å². The van der Waals surface area contributed by atoms with E-state index >= 15 is 0 Å². The molecule has 0 bridgehead atoms. The number of nitrogens with zero attached hydrogens (tertiary/aromatic N) is 3. The summed E-state index contributed by atoms with van der Waals surface area (Å²) in [6.07, 6.45) is 0. The fraction of sp³-hybridized carbons (Fsp3) is 0. The number of para-hydroxylation sites is 5. The lowest BCUT2D eigenvalue weighted by molar-refractivity contribution is 0.574. The summed E-state index contributed by atoms with van der Waals surface area (Å²) < 4.78 is 10.8. The van der Waals surface area contributed by atoms with Gasteiger partial charge in [-0.15, -0.1) is 0 Å². The molecule has 0 aliphatic rings. The second-order valence-corrected chi connectivity index (χ2v) is 10.0. The van der Waals surface area contributed by atoms with Gasteiger partial charge >= 0.3 is 6.01 Å². The van der Waals surface area contributed by atoms with E-state index in [0.717, 1.165) is 27.8 Å². The van der Waals surface area contributed by atoms with Crippen molar-refractivity contribution in [2.24, 2.45) is 0 Å². The molecule has 0 saturated heterocycles. The van der Waals surface area contributed by atoms with Crippen molar-refractivity contribution >= 4 is 65.5 Å². The highest BCUT2D eigenvalue weighted by Crippen LogP contribution is 2.42. The van der Waals surface area contributed by atoms with Crippen LogP contribution in [0, 0.1) is 0 Å². The normalized spacial score (nSPS) is 12.1. The van der Waals surface area contributed by atoms with Crippen LogP contribution in [0.5, 0.6) is 0 Å². The summed E-state index contributed by atoms with van der Waals surface area (Å²) in [6, 6.07) is 45.4. The van der Waals surface area contributed by atoms with E-state index in [1.54, 1.807) is 0 Å². The van der Waals surface area contributed by atoms with Gasteiger partial charge in [-0.05, 0) is 47.9 Å². The Morgan fingerprint density at radius 2 is 1.10 bits per heavy atom. The molecule has 3 aromatic heterocycles. The van der Waals surface area contributed by atoms with E-state index in [1.807, 2.05) is 24.3 Å². The maximum Gasteiger partial charge on any atom is 0.307 e. The number of hydrogen-bond donors (Lipinski definition) is 0. The van der Waals surface area contributed by atoms with Crippen LogP contribution in [-0.2, 0) is 0 Å². The number of aromatic nitrogens is 3. The lowest BCUT2D eigenvalue weighted by atomic mass is 10.0. The van der Waals surface area contributed by atoms with Gasteiger partial charge in [0.05, 0.1) is 22.1 Å². The molecule has 0 radical (unpaired) electrons. The first kappa shape index (κ1) is 20.7. The predicted molar refractivity (Wildman–Crippen MR) is 160 cm³/mol. The second-order valence-electron chi connectivity index (χ2n) is 10.0. The van der Waals surface area contributed by atoms with Crippen molar-refractivity contribution in [2.45, 2.75) is 0 Å². The fourth-order valence-electron chi connectivity index (χ4n) is 6.34. The van der Waals surface area contributed by atoms with Gasteiger partial charge in [0.2, 0.25) is 0 Å². The SMILES string of the molecule is c1ccc(-n2c3ccccc3c3ccc4c(ccc5c4c4ccccc4n5-c4nc5ccccc5o4)c32)cc1. The molecule has 6 aromatic carbocycles. The van der Waals surface area contributed by atoms with E-state index in [2.05, 4.69) is 112 Å². The number of oxazole rings is 1. The van der Waals surface area contributed by atoms with E-state index < -0.39 is 0 Å². The quantitative estimate of drug-likeness (QED) is 0.238. The van der Waals surface area contributed by atoms with Gasteiger partial charge in [0.1, 0.15) is 5.52 Å². The Bertz CT molecular complexity index is 2360. The highest BCUT2D eigenvalue weighted by atomic mass is 16.4. The minimum atomic E-state index is 0.584. The molecule has 0 N–H and O–H groups in total. The molecule has 0 fully saturated rings. The van der Waals surface area contributed by atoms with E-state index in [9.17, 15) is 0 Å². The van der Waals surface area contributed by atoms with Crippen LogP contribution in [0.2, 0.25) is 0 Å². The lowest BCUT2D eigenvalue weighted by Crippen LogP contribution is -1.95. The standard InChI is InChI=1S/C35H21N3O/c1-2-10-22(11-3-1)37-29-15-7-4-12-23(29)25-19-18-24-26(34(25)37)20-21-31-33(24)27-13-5-8-16-30(27)38(31)35-36-28-14-6-9-17-32(28)39-35/h1-21H. The average molecular weight is 500 g/mol. The van der Waals surface area contributed by atoms with Crippen molar-refractivity contribution < 1.29 is 4.42 Å². The van der Waals surface area contributed by atoms with Crippen LogP contribution < -0.4 is 0 Å². The second kappa shape index (κ2) is 7.59. The van der Waals surface area contributed by atoms with Crippen molar-refractivity contribution in [3.05, 3.63) is 127 Å². The Morgan fingerprint density at radius 1 is 0.462 bits per heavy atom. The minimum absolute atomic E-state index is 0.584. The summed E-state index contributed by atoms with van der Waals surface area (Å²) in [4.78, 5) is 4.86. The highest BCUT2D eigenvalue weighted by Gasteiger charge is 2.21. The van der Waals surface area contributed by atoms with Crippen LogP contribution in [0.25, 0.3) is 77.2 Å². The van der Waals surface area contributed by atoms with Crippen LogP contribution in [-0.4, -0.2) is 14.1 Å². The first-order valence-corrected chi connectivity index (χ1v) is 13.2. The minimum Gasteiger partial charge on any atom is -0.423 e. The van der Waals surface area contributed by atoms with E-state index in [-0.39, 0.29) is 0 Å². The van der Waals surface area contributed by atoms with Gasteiger partial charge in [-0.25, -0.2) is 0 Å². The lowest BCUT2D eigenvalue weighted by Gasteiger charge is -2.10. The zero-order chi connectivity index (χ0) is 25.5. The van der Waals surface area contributed by atoms with E-state index in [4.69, 9.17) is 9.40 Å². The van der Waals surface area contributed by atoms with Gasteiger partial charge in [0.25, 0.3) is 0 Å². The summed E-state index contributed by atoms with van der Waals surface area (Å²) in [5.41, 5.74) is 7.39. The fourth-order valence-corrected chi connectivity index (χ4v) is 6.34. The summed E-state index contributed by atoms with van der Waals surface area (Å²) in [5, 5.41) is 7.34. The third-order valence-electron chi connectivity index (χ3n) is 7.95.